The van der Waals surface area contributed by atoms with Crippen molar-refractivity contribution in [2.24, 2.45) is 0 Å². The Bertz CT molecular complexity index is 918. The molecule has 2 N–H and O–H groups in total. The van der Waals surface area contributed by atoms with E-state index in [0.29, 0.717) is 17.3 Å². The molecule has 1 saturated carbocycles. The van der Waals surface area contributed by atoms with E-state index in [1.165, 1.54) is 58.3 Å². The molecule has 0 heterocycles. The van der Waals surface area contributed by atoms with E-state index < -0.39 is 10.0 Å². The fourth-order valence-electron chi connectivity index (χ4n) is 3.34. The van der Waals surface area contributed by atoms with Crippen LogP contribution in [0.5, 0.6) is 0 Å². The molecule has 0 aromatic heterocycles. The monoisotopic (exact) mass is 401 g/mol. The maximum absolute atomic E-state index is 12.5. The van der Waals surface area contributed by atoms with Crippen molar-refractivity contribution in [1.82, 2.24) is 4.31 Å². The molecule has 2 aromatic carbocycles. The topological polar surface area (TPSA) is 78.5 Å². The smallest absolute Gasteiger partial charge is 0.255 e. The molecule has 28 heavy (non-hydrogen) atoms. The van der Waals surface area contributed by atoms with Crippen LogP contribution in [0.2, 0.25) is 0 Å². The van der Waals surface area contributed by atoms with Crippen LogP contribution in [0, 0.1) is 0 Å². The number of carbonyl (C=O) groups is 1. The number of benzene rings is 2. The summed E-state index contributed by atoms with van der Waals surface area (Å²) < 4.78 is 25.6. The number of rotatable bonds is 6. The van der Waals surface area contributed by atoms with Gasteiger partial charge in [0.25, 0.3) is 5.91 Å². The minimum Gasteiger partial charge on any atom is -0.382 e. The Morgan fingerprint density at radius 3 is 2.25 bits per heavy atom. The first-order chi connectivity index (χ1) is 13.4. The van der Waals surface area contributed by atoms with Gasteiger partial charge in [0.2, 0.25) is 10.0 Å². The lowest BCUT2D eigenvalue weighted by Crippen LogP contribution is -2.23. The molecule has 0 saturated heterocycles. The molecule has 2 aromatic rings. The summed E-state index contributed by atoms with van der Waals surface area (Å²) in [7, 11) is -0.654. The minimum absolute atomic E-state index is 0.0946. The van der Waals surface area contributed by atoms with Gasteiger partial charge in [0.15, 0.2) is 0 Å². The lowest BCUT2D eigenvalue weighted by atomic mass is 9.95. The standard InChI is InChI=1S/C21H27N3O3S/c1-24(2)28(26,27)20-10-6-7-16(15-20)21(25)23-19-13-11-18(12-14-19)22-17-8-4-3-5-9-17/h6-7,10-15,17,22H,3-5,8-9H2,1-2H3,(H,23,25). The van der Waals surface area contributed by atoms with Crippen LogP contribution in [-0.2, 0) is 10.0 Å². The van der Waals surface area contributed by atoms with E-state index in [0.717, 1.165) is 9.99 Å². The molecule has 150 valence electrons. The Morgan fingerprint density at radius 1 is 0.964 bits per heavy atom. The summed E-state index contributed by atoms with van der Waals surface area (Å²) in [6.45, 7) is 0. The highest BCUT2D eigenvalue weighted by molar-refractivity contribution is 7.89. The molecule has 0 unspecified atom stereocenters. The highest BCUT2D eigenvalue weighted by Crippen LogP contribution is 2.23. The van der Waals surface area contributed by atoms with Gasteiger partial charge in [-0.15, -0.1) is 0 Å². The maximum atomic E-state index is 12.5. The molecular formula is C21H27N3O3S. The second kappa shape index (κ2) is 8.75. The van der Waals surface area contributed by atoms with E-state index in [1.54, 1.807) is 12.1 Å². The Kier molecular flexibility index (Phi) is 6.36. The van der Waals surface area contributed by atoms with Gasteiger partial charge in [-0.2, -0.15) is 0 Å². The van der Waals surface area contributed by atoms with Crippen molar-refractivity contribution in [3.05, 3.63) is 54.1 Å². The van der Waals surface area contributed by atoms with Crippen molar-refractivity contribution in [3.63, 3.8) is 0 Å². The molecule has 6 nitrogen and oxygen atoms in total. The van der Waals surface area contributed by atoms with Gasteiger partial charge in [0.1, 0.15) is 0 Å². The van der Waals surface area contributed by atoms with Gasteiger partial charge >= 0.3 is 0 Å². The third-order valence-electron chi connectivity index (χ3n) is 4.99. The highest BCUT2D eigenvalue weighted by atomic mass is 32.2. The first-order valence-corrected chi connectivity index (χ1v) is 11.0. The Morgan fingerprint density at radius 2 is 1.61 bits per heavy atom. The number of hydrogen-bond acceptors (Lipinski definition) is 4. The summed E-state index contributed by atoms with van der Waals surface area (Å²) >= 11 is 0. The van der Waals surface area contributed by atoms with Crippen LogP contribution in [0.25, 0.3) is 0 Å². The Labute approximate surface area is 167 Å². The molecule has 0 atom stereocenters. The molecule has 3 rings (SSSR count). The molecule has 1 aliphatic carbocycles. The number of sulfonamides is 1. The molecule has 1 aliphatic rings. The summed E-state index contributed by atoms with van der Waals surface area (Å²) in [5.74, 6) is -0.344. The number of anilines is 2. The SMILES string of the molecule is CN(C)S(=O)(=O)c1cccc(C(=O)Nc2ccc(NC3CCCCC3)cc2)c1. The van der Waals surface area contributed by atoms with E-state index in [1.807, 2.05) is 24.3 Å². The predicted molar refractivity (Wildman–Crippen MR) is 112 cm³/mol. The average molecular weight is 402 g/mol. The summed E-state index contributed by atoms with van der Waals surface area (Å²) in [6.07, 6.45) is 6.26. The number of nitrogens with zero attached hydrogens (tertiary/aromatic N) is 1. The molecule has 1 fully saturated rings. The lowest BCUT2D eigenvalue weighted by molar-refractivity contribution is 0.102. The van der Waals surface area contributed by atoms with Crippen molar-refractivity contribution < 1.29 is 13.2 Å². The van der Waals surface area contributed by atoms with Crippen LogP contribution in [0.1, 0.15) is 42.5 Å². The fourth-order valence-corrected chi connectivity index (χ4v) is 4.29. The first kappa shape index (κ1) is 20.4. The van der Waals surface area contributed by atoms with E-state index in [9.17, 15) is 13.2 Å². The van der Waals surface area contributed by atoms with Crippen molar-refractivity contribution in [3.8, 4) is 0 Å². The molecular weight excluding hydrogens is 374 g/mol. The summed E-state index contributed by atoms with van der Waals surface area (Å²) in [5.41, 5.74) is 2.01. The number of carbonyl (C=O) groups excluding carboxylic acids is 1. The van der Waals surface area contributed by atoms with E-state index in [4.69, 9.17) is 0 Å². The number of nitrogens with one attached hydrogen (secondary N) is 2. The molecule has 0 bridgehead atoms. The Hall–Kier alpha value is -2.38. The van der Waals surface area contributed by atoms with Gasteiger partial charge in [-0.05, 0) is 55.3 Å². The average Bonchev–Trinajstić information content (AvgIpc) is 2.70. The van der Waals surface area contributed by atoms with Crippen LogP contribution in [0.15, 0.2) is 53.4 Å². The van der Waals surface area contributed by atoms with E-state index >= 15 is 0 Å². The molecule has 0 radical (unpaired) electrons. The zero-order valence-corrected chi connectivity index (χ0v) is 17.1. The fraction of sp³-hybridized carbons (Fsp3) is 0.381. The van der Waals surface area contributed by atoms with Crippen LogP contribution in [0.4, 0.5) is 11.4 Å². The third kappa shape index (κ3) is 4.91. The van der Waals surface area contributed by atoms with Gasteiger partial charge < -0.3 is 10.6 Å². The summed E-state index contributed by atoms with van der Waals surface area (Å²) in [4.78, 5) is 12.6. The third-order valence-corrected chi connectivity index (χ3v) is 6.80. The minimum atomic E-state index is -3.58. The molecule has 1 amide bonds. The van der Waals surface area contributed by atoms with E-state index in [-0.39, 0.29) is 10.8 Å². The van der Waals surface area contributed by atoms with Crippen molar-refractivity contribution in [2.75, 3.05) is 24.7 Å². The quantitative estimate of drug-likeness (QED) is 0.769. The van der Waals surface area contributed by atoms with Crippen LogP contribution in [0.3, 0.4) is 0 Å². The van der Waals surface area contributed by atoms with Crippen molar-refractivity contribution in [2.45, 2.75) is 43.0 Å². The maximum Gasteiger partial charge on any atom is 0.255 e. The van der Waals surface area contributed by atoms with Gasteiger partial charge in [0.05, 0.1) is 4.90 Å². The van der Waals surface area contributed by atoms with Gasteiger partial charge in [-0.1, -0.05) is 25.3 Å². The van der Waals surface area contributed by atoms with Gasteiger partial charge in [0, 0.05) is 37.1 Å². The van der Waals surface area contributed by atoms with Gasteiger partial charge in [-0.3, -0.25) is 4.79 Å². The van der Waals surface area contributed by atoms with Crippen LogP contribution in [-0.4, -0.2) is 38.8 Å². The molecule has 0 aliphatic heterocycles. The van der Waals surface area contributed by atoms with Gasteiger partial charge in [-0.25, -0.2) is 12.7 Å². The highest BCUT2D eigenvalue weighted by Gasteiger charge is 2.19. The van der Waals surface area contributed by atoms with E-state index in [2.05, 4.69) is 10.6 Å². The van der Waals surface area contributed by atoms with Crippen LogP contribution < -0.4 is 10.6 Å². The number of hydrogen-bond donors (Lipinski definition) is 2. The zero-order chi connectivity index (χ0) is 20.1. The molecule has 0 spiro atoms. The second-order valence-electron chi connectivity index (χ2n) is 7.33. The Balaban J connectivity index is 1.66. The number of amides is 1. The largest absolute Gasteiger partial charge is 0.382 e. The summed E-state index contributed by atoms with van der Waals surface area (Å²) in [6, 6.07) is 14.2. The lowest BCUT2D eigenvalue weighted by Gasteiger charge is -2.23. The first-order valence-electron chi connectivity index (χ1n) is 9.57. The molecule has 7 heteroatoms. The normalized spacial score (nSPS) is 15.4. The van der Waals surface area contributed by atoms with Crippen molar-refractivity contribution in [1.29, 1.82) is 0 Å². The second-order valence-corrected chi connectivity index (χ2v) is 9.48. The zero-order valence-electron chi connectivity index (χ0n) is 16.3. The van der Waals surface area contributed by atoms with Crippen molar-refractivity contribution >= 4 is 27.3 Å². The van der Waals surface area contributed by atoms with Crippen LogP contribution >= 0.6 is 0 Å². The summed E-state index contributed by atoms with van der Waals surface area (Å²) in [5, 5.41) is 6.37. The predicted octanol–water partition coefficient (Wildman–Crippen LogP) is 3.93.